The molecule has 0 bridgehead atoms. The summed E-state index contributed by atoms with van der Waals surface area (Å²) in [5.74, 6) is -0.957. The summed E-state index contributed by atoms with van der Waals surface area (Å²) >= 11 is 7.22. The average molecular weight is 407 g/mol. The first-order valence-electron chi connectivity index (χ1n) is 8.16. The van der Waals surface area contributed by atoms with Crippen LogP contribution in [0.3, 0.4) is 0 Å². The van der Waals surface area contributed by atoms with Crippen LogP contribution in [0.25, 0.3) is 10.1 Å². The van der Waals surface area contributed by atoms with Crippen LogP contribution < -0.4 is 15.6 Å². The molecule has 140 valence electrons. The quantitative estimate of drug-likeness (QED) is 0.627. The van der Waals surface area contributed by atoms with Crippen molar-refractivity contribution in [3.8, 4) is 5.75 Å². The number of fused-ring (bicyclic) bond motifs is 1. The fourth-order valence-electron chi connectivity index (χ4n) is 2.37. The third kappa shape index (κ3) is 4.56. The van der Waals surface area contributed by atoms with Crippen LogP contribution in [0.15, 0.2) is 42.5 Å². The van der Waals surface area contributed by atoms with Crippen molar-refractivity contribution < 1.29 is 18.7 Å². The van der Waals surface area contributed by atoms with Gasteiger partial charge < -0.3 is 4.74 Å². The van der Waals surface area contributed by atoms with Crippen LogP contribution in [0.1, 0.15) is 22.2 Å². The predicted molar refractivity (Wildman–Crippen MR) is 104 cm³/mol. The van der Waals surface area contributed by atoms with Crippen LogP contribution in [0.2, 0.25) is 5.02 Å². The molecule has 0 saturated heterocycles. The second-order valence-corrected chi connectivity index (χ2v) is 7.10. The van der Waals surface area contributed by atoms with Crippen LogP contribution in [0.4, 0.5) is 4.39 Å². The summed E-state index contributed by atoms with van der Waals surface area (Å²) in [6.45, 7) is 1.79. The number of hydrazine groups is 1. The maximum atomic E-state index is 13.3. The Bertz CT molecular complexity index is 989. The van der Waals surface area contributed by atoms with E-state index in [-0.39, 0.29) is 16.5 Å². The first-order chi connectivity index (χ1) is 13.0. The Morgan fingerprint density at radius 3 is 2.59 bits per heavy atom. The Balaban J connectivity index is 1.55. The highest BCUT2D eigenvalue weighted by molar-refractivity contribution is 7.21. The van der Waals surface area contributed by atoms with Crippen molar-refractivity contribution in [1.29, 1.82) is 0 Å². The van der Waals surface area contributed by atoms with E-state index in [1.165, 1.54) is 23.8 Å². The zero-order valence-electron chi connectivity index (χ0n) is 14.3. The molecule has 0 atom stereocenters. The van der Waals surface area contributed by atoms with Gasteiger partial charge in [0.05, 0.1) is 5.02 Å². The van der Waals surface area contributed by atoms with E-state index in [2.05, 4.69) is 10.9 Å². The molecule has 0 radical (unpaired) electrons. The maximum absolute atomic E-state index is 13.3. The van der Waals surface area contributed by atoms with E-state index in [1.807, 2.05) is 19.1 Å². The van der Waals surface area contributed by atoms with Crippen molar-refractivity contribution in [3.63, 3.8) is 0 Å². The van der Waals surface area contributed by atoms with Crippen molar-refractivity contribution >= 4 is 44.8 Å². The number of halogens is 2. The van der Waals surface area contributed by atoms with E-state index < -0.39 is 17.6 Å². The number of aryl methyl sites for hydroxylation is 1. The van der Waals surface area contributed by atoms with Gasteiger partial charge in [-0.3, -0.25) is 20.4 Å². The zero-order chi connectivity index (χ0) is 19.4. The SMILES string of the molecule is CCc1ccc(OCC(=O)NNC(=O)c2sc3cc(F)ccc3c2Cl)cc1. The number of rotatable bonds is 5. The Morgan fingerprint density at radius 2 is 1.89 bits per heavy atom. The molecule has 0 fully saturated rings. The van der Waals surface area contributed by atoms with Crippen molar-refractivity contribution in [2.45, 2.75) is 13.3 Å². The van der Waals surface area contributed by atoms with Crippen LogP contribution >= 0.6 is 22.9 Å². The lowest BCUT2D eigenvalue weighted by molar-refractivity contribution is -0.123. The molecule has 0 aliphatic carbocycles. The number of hydrogen-bond acceptors (Lipinski definition) is 4. The maximum Gasteiger partial charge on any atom is 0.281 e. The molecule has 2 aromatic carbocycles. The first-order valence-corrected chi connectivity index (χ1v) is 9.36. The van der Waals surface area contributed by atoms with Gasteiger partial charge in [-0.1, -0.05) is 30.7 Å². The number of hydrogen-bond donors (Lipinski definition) is 2. The molecule has 3 aromatic rings. The topological polar surface area (TPSA) is 67.4 Å². The number of carbonyl (C=O) groups excluding carboxylic acids is 2. The van der Waals surface area contributed by atoms with E-state index in [1.54, 1.807) is 12.1 Å². The van der Waals surface area contributed by atoms with Gasteiger partial charge in [0.2, 0.25) is 0 Å². The molecule has 2 amide bonds. The molecule has 0 saturated carbocycles. The van der Waals surface area contributed by atoms with Gasteiger partial charge in [-0.25, -0.2) is 4.39 Å². The number of thiophene rings is 1. The third-order valence-electron chi connectivity index (χ3n) is 3.81. The Morgan fingerprint density at radius 1 is 1.15 bits per heavy atom. The Labute approximate surface area is 164 Å². The summed E-state index contributed by atoms with van der Waals surface area (Å²) in [6.07, 6.45) is 0.916. The molecule has 2 N–H and O–H groups in total. The van der Waals surface area contributed by atoms with Gasteiger partial charge in [0, 0.05) is 10.1 Å². The monoisotopic (exact) mass is 406 g/mol. The first kappa shape index (κ1) is 19.1. The van der Waals surface area contributed by atoms with Crippen molar-refractivity contribution in [2.75, 3.05) is 6.61 Å². The molecular weight excluding hydrogens is 391 g/mol. The average Bonchev–Trinajstić information content (AvgIpc) is 3.00. The van der Waals surface area contributed by atoms with Crippen LogP contribution in [0.5, 0.6) is 5.75 Å². The molecule has 1 aromatic heterocycles. The summed E-state index contributed by atoms with van der Waals surface area (Å²) in [7, 11) is 0. The van der Waals surface area contributed by atoms with Crippen LogP contribution in [-0.2, 0) is 11.2 Å². The fourth-order valence-corrected chi connectivity index (χ4v) is 3.81. The molecule has 0 unspecified atom stereocenters. The third-order valence-corrected chi connectivity index (χ3v) is 5.47. The second-order valence-electron chi connectivity index (χ2n) is 5.67. The van der Waals surface area contributed by atoms with Gasteiger partial charge in [-0.15, -0.1) is 11.3 Å². The molecule has 8 heteroatoms. The molecule has 27 heavy (non-hydrogen) atoms. The van der Waals surface area contributed by atoms with Gasteiger partial charge in [0.15, 0.2) is 6.61 Å². The standard InChI is InChI=1S/C19H16ClFN2O3S/c1-2-11-3-6-13(7-4-11)26-10-16(24)22-23-19(25)18-17(20)14-8-5-12(21)9-15(14)27-18/h3-9H,2,10H2,1H3,(H,22,24)(H,23,25). The molecule has 5 nitrogen and oxygen atoms in total. The Hall–Kier alpha value is -2.64. The summed E-state index contributed by atoms with van der Waals surface area (Å²) in [6, 6.07) is 11.5. The summed E-state index contributed by atoms with van der Waals surface area (Å²) in [5.41, 5.74) is 5.72. The lowest BCUT2D eigenvalue weighted by Crippen LogP contribution is -2.43. The fraction of sp³-hybridized carbons (Fsp3) is 0.158. The van der Waals surface area contributed by atoms with Crippen molar-refractivity contribution in [3.05, 3.63) is 63.7 Å². The van der Waals surface area contributed by atoms with Crippen LogP contribution in [-0.4, -0.2) is 18.4 Å². The van der Waals surface area contributed by atoms with E-state index in [0.29, 0.717) is 15.8 Å². The number of benzene rings is 2. The minimum Gasteiger partial charge on any atom is -0.484 e. The highest BCUT2D eigenvalue weighted by atomic mass is 35.5. The summed E-state index contributed by atoms with van der Waals surface area (Å²) in [5, 5.41) is 0.799. The summed E-state index contributed by atoms with van der Waals surface area (Å²) in [4.78, 5) is 24.3. The highest BCUT2D eigenvalue weighted by Crippen LogP contribution is 2.35. The van der Waals surface area contributed by atoms with Gasteiger partial charge in [-0.05, 0) is 42.3 Å². The number of amides is 2. The molecule has 0 aliphatic rings. The van der Waals surface area contributed by atoms with Crippen molar-refractivity contribution in [1.82, 2.24) is 10.9 Å². The minimum atomic E-state index is -0.581. The smallest absolute Gasteiger partial charge is 0.281 e. The lowest BCUT2D eigenvalue weighted by Gasteiger charge is -2.08. The normalized spacial score (nSPS) is 10.6. The molecule has 0 aliphatic heterocycles. The second kappa shape index (κ2) is 8.37. The molecular formula is C19H16ClFN2O3S. The van der Waals surface area contributed by atoms with E-state index in [4.69, 9.17) is 16.3 Å². The van der Waals surface area contributed by atoms with Crippen molar-refractivity contribution in [2.24, 2.45) is 0 Å². The van der Waals surface area contributed by atoms with Gasteiger partial charge in [0.1, 0.15) is 16.4 Å². The molecule has 1 heterocycles. The number of nitrogens with one attached hydrogen (secondary N) is 2. The van der Waals surface area contributed by atoms with Gasteiger partial charge >= 0.3 is 0 Å². The van der Waals surface area contributed by atoms with E-state index >= 15 is 0 Å². The van der Waals surface area contributed by atoms with Crippen LogP contribution in [0, 0.1) is 5.82 Å². The zero-order valence-corrected chi connectivity index (χ0v) is 15.9. The minimum absolute atomic E-state index is 0.189. The Kier molecular flexibility index (Phi) is 5.93. The van der Waals surface area contributed by atoms with Gasteiger partial charge in [0.25, 0.3) is 11.8 Å². The van der Waals surface area contributed by atoms with E-state index in [0.717, 1.165) is 17.8 Å². The number of ether oxygens (including phenoxy) is 1. The molecule has 0 spiro atoms. The lowest BCUT2D eigenvalue weighted by atomic mass is 10.2. The summed E-state index contributed by atoms with van der Waals surface area (Å²) < 4.78 is 19.2. The predicted octanol–water partition coefficient (Wildman–Crippen LogP) is 4.10. The van der Waals surface area contributed by atoms with E-state index in [9.17, 15) is 14.0 Å². The highest BCUT2D eigenvalue weighted by Gasteiger charge is 2.18. The molecule has 3 rings (SSSR count). The largest absolute Gasteiger partial charge is 0.484 e. The number of carbonyl (C=O) groups is 2. The van der Waals surface area contributed by atoms with Gasteiger partial charge in [-0.2, -0.15) is 0 Å².